The van der Waals surface area contributed by atoms with Gasteiger partial charge in [0.05, 0.1) is 78.3 Å². The van der Waals surface area contributed by atoms with Crippen LogP contribution in [0.5, 0.6) is 0 Å². The van der Waals surface area contributed by atoms with Gasteiger partial charge in [-0.1, -0.05) is 328 Å². The van der Waals surface area contributed by atoms with Gasteiger partial charge in [-0.05, 0) is 187 Å². The normalized spacial score (nSPS) is 11.9. The Morgan fingerprint density at radius 2 is 0.653 bits per heavy atom. The summed E-state index contributed by atoms with van der Waals surface area (Å²) in [6.07, 6.45) is 3.63. The van der Waals surface area contributed by atoms with Crippen molar-refractivity contribution < 1.29 is 4.42 Å². The Morgan fingerprint density at radius 1 is 0.201 bits per heavy atom. The molecule has 13 nitrogen and oxygen atoms in total. The first kappa shape index (κ1) is 81.9. The molecule has 0 aliphatic rings. The SMILES string of the molecule is c1ccc(-c2cc(-n3c4cc5ccccc5cc4c4c5c(ccc43)oc3cc4ccccc4cc35)nc(-c3ccccc3)n2)cc1.c1ccc(-c2nc(-c3ccccc3)nc(-n3c4cc5ccccc5cc4c4c5c(ccc43)sc3c4ccccc4ccc35)n2)cc1.c1ccc(-n2c3ccc4c(c5ccccc5n4-c4cc(-c5ccccn5)nc(-c5ccccn5)c4)c3c3c4ccccc4c4ccccc4c32)cc1. The van der Waals surface area contributed by atoms with E-state index in [2.05, 4.69) is 382 Å². The van der Waals surface area contributed by atoms with E-state index in [9.17, 15) is 0 Å². The first-order chi connectivity index (χ1) is 71.4. The number of benzene rings is 20. The average molecular weight is 1860 g/mol. The van der Waals surface area contributed by atoms with Gasteiger partial charge in [0.2, 0.25) is 5.95 Å². The Balaban J connectivity index is 0.000000103. The van der Waals surface area contributed by atoms with Crippen LogP contribution in [0.4, 0.5) is 0 Å². The molecule has 11 aromatic heterocycles. The standard InChI is InChI=1S/C47H29N5.C42H25N3O.C41H24N4S/c1-2-14-30(15-3-1)52-43-25-24-42-44(46(43)45-34-18-6-4-16-32(34)33-17-5-7-19-35(33)47(45)52)36-20-8-9-23-41(36)51(42)31-28-39(37-21-10-12-26-48-37)50-40(29-31)38-22-11-13-27-49-38;1-3-11-26(12-4-1)34-25-39(44-42(43-34)27-13-5-2-6-14-27)45-35-19-20-37-41(33-22-29-16-8-10-18-31(29)24-38(33)46-37)40(35)32-21-28-15-7-9-17-30(28)23-36(32)45;1-3-12-26(13-4-1)39-42-40(27-14-5-2-6-15-27)44-41(43-39)45-33-21-22-35-37(31-20-19-25-11-9-10-18-30(25)38(31)46-35)36(33)32-23-28-16-7-8-17-29(28)24-34(32)45/h1-29H;1-25H;1-24H. The molecule has 0 atom stereocenters. The third kappa shape index (κ3) is 13.3. The van der Waals surface area contributed by atoms with Crippen LogP contribution in [-0.4, -0.2) is 58.1 Å². The van der Waals surface area contributed by atoms with Gasteiger partial charge in [-0.3, -0.25) is 19.1 Å². The highest BCUT2D eigenvalue weighted by molar-refractivity contribution is 7.27. The van der Waals surface area contributed by atoms with Crippen LogP contribution in [0.25, 0.3) is 285 Å². The lowest BCUT2D eigenvalue weighted by molar-refractivity contribution is 0.669. The maximum absolute atomic E-state index is 6.54. The van der Waals surface area contributed by atoms with Crippen molar-refractivity contribution in [2.75, 3.05) is 0 Å². The Bertz CT molecular complexity index is 10200. The second-order valence-electron chi connectivity index (χ2n) is 36.7. The van der Waals surface area contributed by atoms with Crippen molar-refractivity contribution >= 4 is 205 Å². The molecule has 11 heterocycles. The summed E-state index contributed by atoms with van der Waals surface area (Å²) in [5, 5.41) is 29.2. The predicted molar refractivity (Wildman–Crippen MR) is 597 cm³/mol. The average Bonchev–Trinajstić information content (AvgIpc) is 1.53. The van der Waals surface area contributed by atoms with E-state index in [1.165, 1.54) is 128 Å². The molecule has 20 aromatic carbocycles. The Labute approximate surface area is 826 Å². The van der Waals surface area contributed by atoms with Crippen molar-refractivity contribution in [2.24, 2.45) is 0 Å². The summed E-state index contributed by atoms with van der Waals surface area (Å²) in [7, 11) is 0. The van der Waals surface area contributed by atoms with Crippen LogP contribution in [0.3, 0.4) is 0 Å². The second kappa shape index (κ2) is 33.3. The zero-order valence-electron chi connectivity index (χ0n) is 77.2. The van der Waals surface area contributed by atoms with E-state index in [0.717, 1.165) is 134 Å². The summed E-state index contributed by atoms with van der Waals surface area (Å²) in [4.78, 5) is 40.1. The fourth-order valence-electron chi connectivity index (χ4n) is 22.2. The molecule has 31 aromatic rings. The summed E-state index contributed by atoms with van der Waals surface area (Å²) in [6.45, 7) is 0. The molecule has 670 valence electrons. The summed E-state index contributed by atoms with van der Waals surface area (Å²) in [5.41, 5.74) is 20.9. The summed E-state index contributed by atoms with van der Waals surface area (Å²) in [6, 6.07) is 162. The largest absolute Gasteiger partial charge is 0.456 e. The van der Waals surface area contributed by atoms with E-state index in [4.69, 9.17) is 44.3 Å². The topological polar surface area (TPSA) is 136 Å². The molecular formula is C130H78N12OS. The van der Waals surface area contributed by atoms with Crippen LogP contribution in [0.2, 0.25) is 0 Å². The highest BCUT2D eigenvalue weighted by atomic mass is 32.1. The molecule has 144 heavy (non-hydrogen) atoms. The minimum atomic E-state index is 0.604. The second-order valence-corrected chi connectivity index (χ2v) is 37.8. The molecule has 0 saturated carbocycles. The number of rotatable bonds is 10. The van der Waals surface area contributed by atoms with Crippen LogP contribution >= 0.6 is 11.3 Å². The lowest BCUT2D eigenvalue weighted by Gasteiger charge is -2.13. The maximum atomic E-state index is 6.54. The molecule has 0 N–H and O–H groups in total. The number of fused-ring (bicyclic) bond motifs is 31. The molecule has 0 saturated heterocycles. The molecule has 0 fully saturated rings. The highest BCUT2D eigenvalue weighted by Gasteiger charge is 2.29. The van der Waals surface area contributed by atoms with E-state index in [-0.39, 0.29) is 0 Å². The van der Waals surface area contributed by atoms with E-state index in [0.29, 0.717) is 23.4 Å². The van der Waals surface area contributed by atoms with Gasteiger partial charge in [0.25, 0.3) is 0 Å². The van der Waals surface area contributed by atoms with Crippen LogP contribution in [0.1, 0.15) is 0 Å². The Hall–Kier alpha value is -19.3. The van der Waals surface area contributed by atoms with Gasteiger partial charge < -0.3 is 13.6 Å². The van der Waals surface area contributed by atoms with Gasteiger partial charge in [-0.2, -0.15) is 9.97 Å². The van der Waals surface area contributed by atoms with Crippen molar-refractivity contribution in [2.45, 2.75) is 0 Å². The number of hydrogen-bond acceptors (Lipinski definition) is 10. The smallest absolute Gasteiger partial charge is 0.238 e. The van der Waals surface area contributed by atoms with E-state index >= 15 is 0 Å². The van der Waals surface area contributed by atoms with Crippen molar-refractivity contribution in [3.63, 3.8) is 0 Å². The molecule has 0 aliphatic heterocycles. The number of aromatic nitrogens is 12. The Morgan fingerprint density at radius 3 is 1.26 bits per heavy atom. The maximum Gasteiger partial charge on any atom is 0.238 e. The number of pyridine rings is 3. The first-order valence-corrected chi connectivity index (χ1v) is 49.2. The third-order valence-corrected chi connectivity index (χ3v) is 29.7. The third-order valence-electron chi connectivity index (χ3n) is 28.5. The monoisotopic (exact) mass is 1850 g/mol. The lowest BCUT2D eigenvalue weighted by Crippen LogP contribution is -2.06. The molecule has 0 amide bonds. The predicted octanol–water partition coefficient (Wildman–Crippen LogP) is 33.8. The van der Waals surface area contributed by atoms with Crippen molar-refractivity contribution in [1.29, 1.82) is 0 Å². The molecule has 31 rings (SSSR count). The number of para-hydroxylation sites is 2. The van der Waals surface area contributed by atoms with Gasteiger partial charge in [-0.15, -0.1) is 11.3 Å². The quantitative estimate of drug-likeness (QED) is 0.123. The fourth-order valence-corrected chi connectivity index (χ4v) is 23.4. The summed E-state index contributed by atoms with van der Waals surface area (Å²) in [5.74, 6) is 3.41. The summed E-state index contributed by atoms with van der Waals surface area (Å²) < 4.78 is 18.5. The van der Waals surface area contributed by atoms with E-state index in [1.807, 2.05) is 121 Å². The number of hydrogen-bond donors (Lipinski definition) is 0. The van der Waals surface area contributed by atoms with Crippen LogP contribution in [0, 0.1) is 0 Å². The van der Waals surface area contributed by atoms with Crippen molar-refractivity contribution in [3.05, 3.63) is 473 Å². The van der Waals surface area contributed by atoms with E-state index < -0.39 is 0 Å². The lowest BCUT2D eigenvalue weighted by atomic mass is 9.95. The summed E-state index contributed by atoms with van der Waals surface area (Å²) >= 11 is 1.87. The van der Waals surface area contributed by atoms with Crippen molar-refractivity contribution in [3.8, 4) is 91.3 Å². The minimum Gasteiger partial charge on any atom is -0.456 e. The van der Waals surface area contributed by atoms with Gasteiger partial charge in [-0.25, -0.2) is 19.9 Å². The molecule has 0 spiro atoms. The zero-order valence-corrected chi connectivity index (χ0v) is 78.0. The van der Waals surface area contributed by atoms with Crippen LogP contribution in [-0.2, 0) is 0 Å². The number of thiophene rings is 1. The first-order valence-electron chi connectivity index (χ1n) is 48.4. The molecule has 0 aliphatic carbocycles. The highest BCUT2D eigenvalue weighted by Crippen LogP contribution is 2.52. The number of furan rings is 1. The van der Waals surface area contributed by atoms with Crippen LogP contribution < -0.4 is 0 Å². The van der Waals surface area contributed by atoms with Gasteiger partial charge in [0.15, 0.2) is 17.5 Å². The number of nitrogens with zero attached hydrogens (tertiary/aromatic N) is 12. The van der Waals surface area contributed by atoms with Crippen LogP contribution in [0.15, 0.2) is 478 Å². The van der Waals surface area contributed by atoms with Gasteiger partial charge in [0, 0.05) is 126 Å². The fraction of sp³-hybridized carbons (Fsp3) is 0. The zero-order chi connectivity index (χ0) is 94.6. The van der Waals surface area contributed by atoms with Crippen molar-refractivity contribution in [1.82, 2.24) is 58.1 Å². The molecule has 0 bridgehead atoms. The Kier molecular flexibility index (Phi) is 18.9. The van der Waals surface area contributed by atoms with Gasteiger partial charge in [0.1, 0.15) is 17.0 Å². The van der Waals surface area contributed by atoms with E-state index in [1.54, 1.807) is 0 Å². The van der Waals surface area contributed by atoms with Gasteiger partial charge >= 0.3 is 0 Å². The molecule has 14 heteroatoms. The minimum absolute atomic E-state index is 0.604. The molecule has 0 radical (unpaired) electrons. The molecule has 0 unspecified atom stereocenters. The molecular weight excluding hydrogens is 1780 g/mol.